The topological polar surface area (TPSA) is 57.6 Å². The average Bonchev–Trinajstić information content (AvgIpc) is 2.37. The van der Waals surface area contributed by atoms with Gasteiger partial charge in [-0.3, -0.25) is 4.79 Å². The van der Waals surface area contributed by atoms with Crippen molar-refractivity contribution in [2.45, 2.75) is 18.9 Å². The van der Waals surface area contributed by atoms with Crippen molar-refractivity contribution in [3.8, 4) is 0 Å². The Bertz CT molecular complexity index is 515. The molecule has 1 amide bonds. The van der Waals surface area contributed by atoms with Crippen molar-refractivity contribution in [1.82, 2.24) is 4.90 Å². The maximum atomic E-state index is 12.3. The van der Waals surface area contributed by atoms with Crippen molar-refractivity contribution < 1.29 is 14.7 Å². The third-order valence-corrected chi connectivity index (χ3v) is 3.61. The van der Waals surface area contributed by atoms with Crippen LogP contribution in [0.2, 0.25) is 0 Å². The lowest BCUT2D eigenvalue weighted by Gasteiger charge is -2.34. The molecular formula is C14H16BrNO3. The number of carboxylic acids is 1. The summed E-state index contributed by atoms with van der Waals surface area (Å²) in [6.45, 7) is 5.05. The molecule has 1 atom stereocenters. The average molecular weight is 326 g/mol. The molecule has 0 unspecified atom stereocenters. The van der Waals surface area contributed by atoms with Crippen LogP contribution in [0, 0.1) is 0 Å². The summed E-state index contributed by atoms with van der Waals surface area (Å²) in [7, 11) is 1.49. The van der Waals surface area contributed by atoms with E-state index in [1.54, 1.807) is 24.3 Å². The molecule has 0 fully saturated rings. The molecule has 0 aromatic heterocycles. The number of nitrogens with zero attached hydrogens (tertiary/aromatic N) is 1. The minimum atomic E-state index is -1.30. The van der Waals surface area contributed by atoms with Gasteiger partial charge in [0.2, 0.25) is 0 Å². The third kappa shape index (κ3) is 3.23. The molecule has 0 aliphatic rings. The number of carbonyl (C=O) groups is 2. The SMILES string of the molecule is C=CC[C@](C)(C(=O)O)N(C)C(=O)c1cccc(Br)c1. The second-order valence-electron chi connectivity index (χ2n) is 4.45. The van der Waals surface area contributed by atoms with Crippen molar-refractivity contribution in [2.75, 3.05) is 7.05 Å². The van der Waals surface area contributed by atoms with Crippen molar-refractivity contribution in [2.24, 2.45) is 0 Å². The van der Waals surface area contributed by atoms with Gasteiger partial charge in [0.05, 0.1) is 0 Å². The van der Waals surface area contributed by atoms with E-state index in [4.69, 9.17) is 0 Å². The standard InChI is InChI=1S/C14H16BrNO3/c1-4-8-14(2,13(18)19)16(3)12(17)10-6-5-7-11(15)9-10/h4-7,9H,1,8H2,2-3H3,(H,18,19)/t14-/m1/s1. The van der Waals surface area contributed by atoms with Gasteiger partial charge in [0.25, 0.3) is 5.91 Å². The van der Waals surface area contributed by atoms with E-state index in [1.807, 2.05) is 0 Å². The Hall–Kier alpha value is -1.62. The van der Waals surface area contributed by atoms with Gasteiger partial charge in [0, 0.05) is 17.1 Å². The number of amides is 1. The van der Waals surface area contributed by atoms with Crippen LogP contribution in [0.5, 0.6) is 0 Å². The van der Waals surface area contributed by atoms with Gasteiger partial charge >= 0.3 is 5.97 Å². The highest BCUT2D eigenvalue weighted by Gasteiger charge is 2.39. The Labute approximate surface area is 120 Å². The summed E-state index contributed by atoms with van der Waals surface area (Å²) in [6, 6.07) is 6.85. The molecular weight excluding hydrogens is 310 g/mol. The number of benzene rings is 1. The van der Waals surface area contributed by atoms with E-state index < -0.39 is 11.5 Å². The molecule has 19 heavy (non-hydrogen) atoms. The molecule has 5 heteroatoms. The monoisotopic (exact) mass is 325 g/mol. The van der Waals surface area contributed by atoms with Gasteiger partial charge in [-0.2, -0.15) is 0 Å². The maximum absolute atomic E-state index is 12.3. The molecule has 4 nitrogen and oxygen atoms in total. The number of hydrogen-bond acceptors (Lipinski definition) is 2. The van der Waals surface area contributed by atoms with Gasteiger partial charge in [-0.05, 0) is 31.5 Å². The van der Waals surface area contributed by atoms with Crippen LogP contribution < -0.4 is 0 Å². The molecule has 1 aromatic rings. The van der Waals surface area contributed by atoms with Gasteiger partial charge in [-0.25, -0.2) is 4.79 Å². The summed E-state index contributed by atoms with van der Waals surface area (Å²) in [4.78, 5) is 25.0. The van der Waals surface area contributed by atoms with Crippen LogP contribution in [-0.2, 0) is 4.79 Å². The van der Waals surface area contributed by atoms with Crippen LogP contribution in [0.1, 0.15) is 23.7 Å². The lowest BCUT2D eigenvalue weighted by Crippen LogP contribution is -2.52. The zero-order valence-corrected chi connectivity index (χ0v) is 12.5. The number of likely N-dealkylation sites (N-methyl/N-ethyl adjacent to an activating group) is 1. The first-order chi connectivity index (χ1) is 8.82. The Morgan fingerprint density at radius 3 is 2.63 bits per heavy atom. The molecule has 0 aliphatic heterocycles. The normalized spacial score (nSPS) is 13.4. The lowest BCUT2D eigenvalue weighted by atomic mass is 9.95. The number of carbonyl (C=O) groups excluding carboxylic acids is 1. The first kappa shape index (κ1) is 15.4. The quantitative estimate of drug-likeness (QED) is 0.847. The lowest BCUT2D eigenvalue weighted by molar-refractivity contribution is -0.148. The molecule has 1 N–H and O–H groups in total. The van der Waals surface area contributed by atoms with E-state index in [0.717, 1.165) is 4.47 Å². The van der Waals surface area contributed by atoms with E-state index in [2.05, 4.69) is 22.5 Å². The third-order valence-electron chi connectivity index (χ3n) is 3.12. The second-order valence-corrected chi connectivity index (χ2v) is 5.36. The molecule has 0 saturated carbocycles. The number of halogens is 1. The fraction of sp³-hybridized carbons (Fsp3) is 0.286. The zero-order valence-electron chi connectivity index (χ0n) is 10.9. The predicted molar refractivity (Wildman–Crippen MR) is 77.1 cm³/mol. The van der Waals surface area contributed by atoms with Crippen LogP contribution in [-0.4, -0.2) is 34.5 Å². The highest BCUT2D eigenvalue weighted by Crippen LogP contribution is 2.22. The summed E-state index contributed by atoms with van der Waals surface area (Å²) in [5, 5.41) is 9.33. The highest BCUT2D eigenvalue weighted by atomic mass is 79.9. The Morgan fingerprint density at radius 2 is 2.16 bits per heavy atom. The van der Waals surface area contributed by atoms with Crippen LogP contribution in [0.4, 0.5) is 0 Å². The van der Waals surface area contributed by atoms with Crippen LogP contribution >= 0.6 is 15.9 Å². The largest absolute Gasteiger partial charge is 0.479 e. The van der Waals surface area contributed by atoms with Crippen molar-refractivity contribution in [1.29, 1.82) is 0 Å². The van der Waals surface area contributed by atoms with Crippen molar-refractivity contribution >= 4 is 27.8 Å². The molecule has 0 heterocycles. The molecule has 0 spiro atoms. The fourth-order valence-corrected chi connectivity index (χ4v) is 2.09. The number of hydrogen-bond donors (Lipinski definition) is 1. The van der Waals surface area contributed by atoms with E-state index in [9.17, 15) is 14.7 Å². The number of rotatable bonds is 5. The highest BCUT2D eigenvalue weighted by molar-refractivity contribution is 9.10. The minimum absolute atomic E-state index is 0.179. The molecule has 0 aliphatic carbocycles. The number of carboxylic acid groups (broad SMARTS) is 1. The van der Waals surface area contributed by atoms with Gasteiger partial charge < -0.3 is 10.0 Å². The summed E-state index contributed by atoms with van der Waals surface area (Å²) in [5.41, 5.74) is -0.866. The number of aliphatic carboxylic acids is 1. The molecule has 1 aromatic carbocycles. The summed E-state index contributed by atoms with van der Waals surface area (Å²) >= 11 is 3.29. The Morgan fingerprint density at radius 1 is 1.53 bits per heavy atom. The summed E-state index contributed by atoms with van der Waals surface area (Å²) in [6.07, 6.45) is 1.68. The minimum Gasteiger partial charge on any atom is -0.479 e. The smallest absolute Gasteiger partial charge is 0.329 e. The van der Waals surface area contributed by atoms with Crippen LogP contribution in [0.3, 0.4) is 0 Å². The molecule has 0 radical (unpaired) electrons. The van der Waals surface area contributed by atoms with Gasteiger partial charge in [-0.15, -0.1) is 6.58 Å². The van der Waals surface area contributed by atoms with Gasteiger partial charge in [0.1, 0.15) is 5.54 Å². The predicted octanol–water partition coefficient (Wildman–Crippen LogP) is 2.94. The van der Waals surface area contributed by atoms with Crippen LogP contribution in [0.15, 0.2) is 41.4 Å². The van der Waals surface area contributed by atoms with Crippen LogP contribution in [0.25, 0.3) is 0 Å². The Balaban J connectivity index is 3.10. The van der Waals surface area contributed by atoms with Gasteiger partial charge in [-0.1, -0.05) is 28.1 Å². The molecule has 0 saturated heterocycles. The summed E-state index contributed by atoms with van der Waals surface area (Å²) in [5.74, 6) is -1.40. The van der Waals surface area contributed by atoms with E-state index in [1.165, 1.54) is 24.9 Å². The summed E-state index contributed by atoms with van der Waals surface area (Å²) < 4.78 is 0.771. The Kier molecular flexibility index (Phi) is 4.89. The van der Waals surface area contributed by atoms with E-state index in [-0.39, 0.29) is 12.3 Å². The zero-order chi connectivity index (χ0) is 14.6. The van der Waals surface area contributed by atoms with Gasteiger partial charge in [0.15, 0.2) is 0 Å². The molecule has 1 rings (SSSR count). The second kappa shape index (κ2) is 6.02. The van der Waals surface area contributed by atoms with E-state index in [0.29, 0.717) is 5.56 Å². The molecule has 102 valence electrons. The molecule has 0 bridgehead atoms. The van der Waals surface area contributed by atoms with E-state index >= 15 is 0 Å². The first-order valence-electron chi connectivity index (χ1n) is 5.71. The first-order valence-corrected chi connectivity index (χ1v) is 6.50. The van der Waals surface area contributed by atoms with Crippen molar-refractivity contribution in [3.63, 3.8) is 0 Å². The van der Waals surface area contributed by atoms with Crippen molar-refractivity contribution in [3.05, 3.63) is 47.0 Å². The maximum Gasteiger partial charge on any atom is 0.329 e. The fourth-order valence-electron chi connectivity index (χ4n) is 1.69.